The number of fused-ring (bicyclic) bond motifs is 1. The van der Waals surface area contributed by atoms with Gasteiger partial charge < -0.3 is 14.0 Å². The quantitative estimate of drug-likeness (QED) is 0.233. The first-order valence-corrected chi connectivity index (χ1v) is 12.4. The van der Waals surface area contributed by atoms with Crippen molar-refractivity contribution >= 4 is 45.1 Å². The lowest BCUT2D eigenvalue weighted by atomic mass is 10.3. The zero-order valence-electron chi connectivity index (χ0n) is 16.8. The third-order valence-electron chi connectivity index (χ3n) is 4.35. The number of rotatable bonds is 10. The van der Waals surface area contributed by atoms with E-state index in [2.05, 4.69) is 32.7 Å². The fraction of sp³-hybridized carbons (Fsp3) is 0.286. The molecule has 0 saturated heterocycles. The Bertz CT molecular complexity index is 1060. The molecule has 156 valence electrons. The van der Waals surface area contributed by atoms with E-state index in [1.165, 1.54) is 4.70 Å². The molecule has 2 heterocycles. The number of thiazole rings is 1. The molecule has 4 aromatic rings. The summed E-state index contributed by atoms with van der Waals surface area (Å²) in [5.41, 5.74) is 1.05. The van der Waals surface area contributed by atoms with Crippen LogP contribution in [0.2, 0.25) is 0 Å². The number of hydrogen-bond donors (Lipinski definition) is 0. The summed E-state index contributed by atoms with van der Waals surface area (Å²) < 4.78 is 15.4. The Morgan fingerprint density at radius 2 is 1.80 bits per heavy atom. The van der Waals surface area contributed by atoms with Crippen LogP contribution in [-0.4, -0.2) is 39.2 Å². The summed E-state index contributed by atoms with van der Waals surface area (Å²) in [7, 11) is 1.65. The van der Waals surface area contributed by atoms with Gasteiger partial charge in [-0.15, -0.1) is 21.5 Å². The Morgan fingerprint density at radius 1 is 1.00 bits per heavy atom. The van der Waals surface area contributed by atoms with Gasteiger partial charge in [0.15, 0.2) is 9.50 Å². The molecule has 0 amide bonds. The second kappa shape index (κ2) is 10.2. The molecule has 30 heavy (non-hydrogen) atoms. The van der Waals surface area contributed by atoms with E-state index >= 15 is 0 Å². The molecule has 0 N–H and O–H groups in total. The highest BCUT2D eigenvalue weighted by molar-refractivity contribution is 8.00. The van der Waals surface area contributed by atoms with Crippen LogP contribution in [0, 0.1) is 0 Å². The Hall–Kier alpha value is -2.23. The second-order valence-corrected chi connectivity index (χ2v) is 9.57. The summed E-state index contributed by atoms with van der Waals surface area (Å²) in [6.45, 7) is 3.56. The maximum atomic E-state index is 5.80. The van der Waals surface area contributed by atoms with E-state index in [-0.39, 0.29) is 0 Å². The van der Waals surface area contributed by atoms with E-state index in [0.29, 0.717) is 6.61 Å². The lowest BCUT2D eigenvalue weighted by Crippen LogP contribution is -2.04. The van der Waals surface area contributed by atoms with E-state index in [1.807, 2.05) is 42.5 Å². The molecule has 0 spiro atoms. The summed E-state index contributed by atoms with van der Waals surface area (Å²) in [5.74, 6) is 4.18. The average molecular weight is 459 g/mol. The molecule has 2 aromatic heterocycles. The van der Waals surface area contributed by atoms with Gasteiger partial charge in [0.05, 0.1) is 29.7 Å². The van der Waals surface area contributed by atoms with Gasteiger partial charge in [0.2, 0.25) is 0 Å². The van der Waals surface area contributed by atoms with Gasteiger partial charge in [-0.05, 0) is 43.3 Å². The minimum Gasteiger partial charge on any atom is -0.497 e. The molecule has 0 aliphatic rings. The van der Waals surface area contributed by atoms with Gasteiger partial charge in [0, 0.05) is 12.3 Å². The second-order valence-electron chi connectivity index (χ2n) is 6.25. The lowest BCUT2D eigenvalue weighted by molar-refractivity contribution is 0.342. The lowest BCUT2D eigenvalue weighted by Gasteiger charge is -2.08. The summed E-state index contributed by atoms with van der Waals surface area (Å²) >= 11 is 5.09. The van der Waals surface area contributed by atoms with Crippen molar-refractivity contribution in [3.63, 3.8) is 0 Å². The van der Waals surface area contributed by atoms with Gasteiger partial charge in [-0.1, -0.05) is 35.7 Å². The fourth-order valence-corrected chi connectivity index (χ4v) is 5.70. The van der Waals surface area contributed by atoms with Crippen molar-refractivity contribution in [3.8, 4) is 11.5 Å². The number of benzene rings is 2. The van der Waals surface area contributed by atoms with Crippen molar-refractivity contribution in [1.82, 2.24) is 19.7 Å². The number of ether oxygens (including phenoxy) is 2. The van der Waals surface area contributed by atoms with Gasteiger partial charge >= 0.3 is 0 Å². The first-order valence-electron chi connectivity index (χ1n) is 9.57. The predicted molar refractivity (Wildman–Crippen MR) is 124 cm³/mol. The molecule has 0 aliphatic carbocycles. The zero-order valence-corrected chi connectivity index (χ0v) is 19.2. The van der Waals surface area contributed by atoms with Crippen molar-refractivity contribution in [2.45, 2.75) is 28.7 Å². The van der Waals surface area contributed by atoms with E-state index < -0.39 is 0 Å². The number of hydrogen-bond acceptors (Lipinski definition) is 8. The van der Waals surface area contributed by atoms with Gasteiger partial charge in [-0.2, -0.15) is 0 Å². The number of aromatic nitrogens is 4. The maximum Gasteiger partial charge on any atom is 0.191 e. The Morgan fingerprint density at radius 3 is 2.57 bits per heavy atom. The average Bonchev–Trinajstić information content (AvgIpc) is 3.38. The maximum absolute atomic E-state index is 5.80. The van der Waals surface area contributed by atoms with Crippen LogP contribution in [0.25, 0.3) is 10.2 Å². The van der Waals surface area contributed by atoms with Crippen molar-refractivity contribution in [2.75, 3.05) is 19.5 Å². The van der Waals surface area contributed by atoms with E-state index in [1.54, 1.807) is 42.0 Å². The third-order valence-corrected chi connectivity index (χ3v) is 7.46. The van der Waals surface area contributed by atoms with Crippen LogP contribution in [0.4, 0.5) is 0 Å². The number of nitrogens with zero attached hydrogens (tertiary/aromatic N) is 4. The Kier molecular flexibility index (Phi) is 7.14. The molecule has 0 atom stereocenters. The molecule has 0 aliphatic heterocycles. The topological polar surface area (TPSA) is 62.1 Å². The van der Waals surface area contributed by atoms with Gasteiger partial charge in [0.1, 0.15) is 17.3 Å². The molecule has 0 radical (unpaired) electrons. The van der Waals surface area contributed by atoms with Crippen LogP contribution in [-0.2, 0) is 12.3 Å². The first kappa shape index (κ1) is 21.0. The van der Waals surface area contributed by atoms with Crippen LogP contribution < -0.4 is 9.47 Å². The standard InChI is InChI=1S/C21H22N4O2S3/c1-3-25-19(14-29-21-22-17-6-4-5-7-18(17)30-21)23-24-20(25)28-13-12-27-16-10-8-15(26-2)9-11-16/h4-11H,3,12-14H2,1-2H3. The number of methoxy groups -OCH3 is 1. The van der Waals surface area contributed by atoms with Crippen molar-refractivity contribution < 1.29 is 9.47 Å². The van der Waals surface area contributed by atoms with Gasteiger partial charge in [0.25, 0.3) is 0 Å². The van der Waals surface area contributed by atoms with E-state index in [4.69, 9.17) is 9.47 Å². The summed E-state index contributed by atoms with van der Waals surface area (Å²) in [6, 6.07) is 15.8. The highest BCUT2D eigenvalue weighted by Crippen LogP contribution is 2.31. The van der Waals surface area contributed by atoms with Crippen molar-refractivity contribution in [1.29, 1.82) is 0 Å². The predicted octanol–water partition coefficient (Wildman–Crippen LogP) is 5.38. The number of para-hydroxylation sites is 1. The zero-order chi connectivity index (χ0) is 20.8. The van der Waals surface area contributed by atoms with Crippen LogP contribution in [0.1, 0.15) is 12.7 Å². The van der Waals surface area contributed by atoms with Crippen LogP contribution in [0.5, 0.6) is 11.5 Å². The van der Waals surface area contributed by atoms with E-state index in [0.717, 1.165) is 50.4 Å². The van der Waals surface area contributed by atoms with Crippen molar-refractivity contribution in [3.05, 3.63) is 54.4 Å². The molecule has 9 heteroatoms. The first-order chi connectivity index (χ1) is 14.8. The highest BCUT2D eigenvalue weighted by atomic mass is 32.2. The minimum absolute atomic E-state index is 0.601. The smallest absolute Gasteiger partial charge is 0.191 e. The molecular weight excluding hydrogens is 436 g/mol. The normalized spacial score (nSPS) is 11.1. The summed E-state index contributed by atoms with van der Waals surface area (Å²) in [5, 5.41) is 9.71. The third kappa shape index (κ3) is 5.08. The monoisotopic (exact) mass is 458 g/mol. The molecule has 4 rings (SSSR count). The molecule has 6 nitrogen and oxygen atoms in total. The van der Waals surface area contributed by atoms with E-state index in [9.17, 15) is 0 Å². The SMILES string of the molecule is CCn1c(CSc2nc3ccccc3s2)nnc1SCCOc1ccc(OC)cc1. The van der Waals surface area contributed by atoms with Crippen LogP contribution >= 0.6 is 34.9 Å². The van der Waals surface area contributed by atoms with Crippen LogP contribution in [0.15, 0.2) is 58.0 Å². The molecule has 0 bridgehead atoms. The highest BCUT2D eigenvalue weighted by Gasteiger charge is 2.13. The molecule has 0 saturated carbocycles. The summed E-state index contributed by atoms with van der Waals surface area (Å²) in [4.78, 5) is 4.68. The van der Waals surface area contributed by atoms with Crippen LogP contribution in [0.3, 0.4) is 0 Å². The number of thioether (sulfide) groups is 2. The van der Waals surface area contributed by atoms with Gasteiger partial charge in [-0.3, -0.25) is 0 Å². The fourth-order valence-electron chi connectivity index (χ4n) is 2.85. The molecule has 0 fully saturated rings. The molecule has 2 aromatic carbocycles. The Labute approximate surface area is 188 Å². The molecule has 0 unspecified atom stereocenters. The molecular formula is C21H22N4O2S3. The largest absolute Gasteiger partial charge is 0.497 e. The van der Waals surface area contributed by atoms with Crippen molar-refractivity contribution in [2.24, 2.45) is 0 Å². The Balaban J connectivity index is 1.30. The van der Waals surface area contributed by atoms with Gasteiger partial charge in [-0.25, -0.2) is 4.98 Å². The summed E-state index contributed by atoms with van der Waals surface area (Å²) in [6.07, 6.45) is 0. The minimum atomic E-state index is 0.601.